The first-order valence-electron chi connectivity index (χ1n) is 6.25. The van der Waals surface area contributed by atoms with E-state index in [0.29, 0.717) is 24.0 Å². The van der Waals surface area contributed by atoms with Gasteiger partial charge in [0.1, 0.15) is 0 Å². The summed E-state index contributed by atoms with van der Waals surface area (Å²) in [7, 11) is 0. The maximum absolute atomic E-state index is 12.3. The molecule has 0 atom stereocenters. The van der Waals surface area contributed by atoms with Gasteiger partial charge >= 0.3 is 0 Å². The molecule has 18 heavy (non-hydrogen) atoms. The number of hydrogen-bond donors (Lipinski definition) is 1. The predicted molar refractivity (Wildman–Crippen MR) is 78.8 cm³/mol. The zero-order valence-electron chi connectivity index (χ0n) is 10.3. The minimum atomic E-state index is 0.146. The van der Waals surface area contributed by atoms with Crippen LogP contribution < -0.4 is 5.73 Å². The summed E-state index contributed by atoms with van der Waals surface area (Å²) in [5, 5.41) is 4.02. The minimum Gasteiger partial charge on any atom is -0.392 e. The van der Waals surface area contributed by atoms with Crippen molar-refractivity contribution in [2.45, 2.75) is 38.1 Å². The van der Waals surface area contributed by atoms with Crippen molar-refractivity contribution >= 4 is 34.5 Å². The summed E-state index contributed by atoms with van der Waals surface area (Å²) >= 11 is 6.58. The molecule has 1 aromatic heterocycles. The number of thiophene rings is 1. The molecule has 5 heteroatoms. The summed E-state index contributed by atoms with van der Waals surface area (Å²) < 4.78 is 0. The van der Waals surface area contributed by atoms with Gasteiger partial charge in [0.05, 0.1) is 18.0 Å². The van der Waals surface area contributed by atoms with Gasteiger partial charge in [-0.3, -0.25) is 4.79 Å². The molecular weight excluding hydrogens is 264 g/mol. The molecular formula is C13H18N2OS2. The molecule has 2 N–H and O–H groups in total. The Morgan fingerprint density at radius 3 is 2.78 bits per heavy atom. The molecule has 3 nitrogen and oxygen atoms in total. The molecule has 1 fully saturated rings. The van der Waals surface area contributed by atoms with Gasteiger partial charge in [0.25, 0.3) is 0 Å². The van der Waals surface area contributed by atoms with Crippen LogP contribution in [-0.4, -0.2) is 28.4 Å². The molecule has 1 saturated carbocycles. The Balaban J connectivity index is 2.02. The summed E-state index contributed by atoms with van der Waals surface area (Å²) in [6.45, 7) is 0.420. The third-order valence-corrected chi connectivity index (χ3v) is 4.21. The lowest BCUT2D eigenvalue weighted by Crippen LogP contribution is -2.44. The number of nitrogens with two attached hydrogens (primary N) is 1. The SMILES string of the molecule is NC(=S)CN(C(=O)Cc1ccsc1)C1CCCC1. The molecule has 2 rings (SSSR count). The molecule has 0 bridgehead atoms. The van der Waals surface area contributed by atoms with Gasteiger partial charge in [-0.15, -0.1) is 0 Å². The molecule has 0 radical (unpaired) electrons. The quantitative estimate of drug-likeness (QED) is 0.843. The van der Waals surface area contributed by atoms with Gasteiger partial charge in [-0.1, -0.05) is 25.1 Å². The molecule has 0 aromatic carbocycles. The second-order valence-corrected chi connectivity index (χ2v) is 6.04. The molecule has 0 saturated heterocycles. The fourth-order valence-electron chi connectivity index (χ4n) is 2.47. The number of carbonyl (C=O) groups is 1. The Morgan fingerprint density at radius 2 is 2.22 bits per heavy atom. The van der Waals surface area contributed by atoms with E-state index in [0.717, 1.165) is 18.4 Å². The first kappa shape index (κ1) is 13.5. The molecule has 0 aliphatic heterocycles. The van der Waals surface area contributed by atoms with Crippen molar-refractivity contribution in [1.82, 2.24) is 4.90 Å². The van der Waals surface area contributed by atoms with Gasteiger partial charge < -0.3 is 10.6 Å². The predicted octanol–water partition coefficient (Wildman–Crippen LogP) is 2.35. The van der Waals surface area contributed by atoms with Crippen LogP contribution in [0.3, 0.4) is 0 Å². The first-order chi connectivity index (χ1) is 8.66. The van der Waals surface area contributed by atoms with E-state index in [1.807, 2.05) is 21.7 Å². The monoisotopic (exact) mass is 282 g/mol. The summed E-state index contributed by atoms with van der Waals surface area (Å²) in [4.78, 5) is 14.6. The normalized spacial score (nSPS) is 15.8. The molecule has 0 spiro atoms. The summed E-state index contributed by atoms with van der Waals surface area (Å²) in [6, 6.07) is 2.33. The van der Waals surface area contributed by atoms with Crippen LogP contribution in [0, 0.1) is 0 Å². The average Bonchev–Trinajstić information content (AvgIpc) is 2.97. The molecule has 1 aliphatic carbocycles. The fraction of sp³-hybridized carbons (Fsp3) is 0.538. The van der Waals surface area contributed by atoms with E-state index in [4.69, 9.17) is 18.0 Å². The number of nitrogens with zero attached hydrogens (tertiary/aromatic N) is 1. The van der Waals surface area contributed by atoms with Crippen LogP contribution >= 0.6 is 23.6 Å². The van der Waals surface area contributed by atoms with E-state index in [1.165, 1.54) is 12.8 Å². The zero-order chi connectivity index (χ0) is 13.0. The third-order valence-electron chi connectivity index (χ3n) is 3.35. The van der Waals surface area contributed by atoms with Crippen molar-refractivity contribution in [3.63, 3.8) is 0 Å². The summed E-state index contributed by atoms with van der Waals surface area (Å²) in [5.41, 5.74) is 6.69. The summed E-state index contributed by atoms with van der Waals surface area (Å²) in [5.74, 6) is 0.146. The maximum Gasteiger partial charge on any atom is 0.227 e. The lowest BCUT2D eigenvalue weighted by Gasteiger charge is -2.28. The van der Waals surface area contributed by atoms with E-state index < -0.39 is 0 Å². The van der Waals surface area contributed by atoms with Crippen LogP contribution in [0.25, 0.3) is 0 Å². The van der Waals surface area contributed by atoms with E-state index in [2.05, 4.69) is 0 Å². The highest BCUT2D eigenvalue weighted by Gasteiger charge is 2.26. The van der Waals surface area contributed by atoms with Crippen molar-refractivity contribution in [3.8, 4) is 0 Å². The molecule has 1 aromatic rings. The van der Waals surface area contributed by atoms with Crippen LogP contribution in [0.4, 0.5) is 0 Å². The highest BCUT2D eigenvalue weighted by atomic mass is 32.1. The van der Waals surface area contributed by atoms with E-state index in [1.54, 1.807) is 11.3 Å². The number of amides is 1. The number of rotatable bonds is 5. The Bertz CT molecular complexity index is 411. The van der Waals surface area contributed by atoms with E-state index >= 15 is 0 Å². The maximum atomic E-state index is 12.3. The first-order valence-corrected chi connectivity index (χ1v) is 7.61. The molecule has 98 valence electrons. The van der Waals surface area contributed by atoms with Crippen LogP contribution in [0.1, 0.15) is 31.2 Å². The van der Waals surface area contributed by atoms with Crippen LogP contribution in [-0.2, 0) is 11.2 Å². The zero-order valence-corrected chi connectivity index (χ0v) is 11.9. The van der Waals surface area contributed by atoms with Crippen molar-refractivity contribution in [3.05, 3.63) is 22.4 Å². The molecule has 0 unspecified atom stereocenters. The smallest absolute Gasteiger partial charge is 0.227 e. The van der Waals surface area contributed by atoms with Gasteiger partial charge in [0.15, 0.2) is 0 Å². The van der Waals surface area contributed by atoms with E-state index in [9.17, 15) is 4.79 Å². The highest BCUT2D eigenvalue weighted by molar-refractivity contribution is 7.80. The van der Waals surface area contributed by atoms with Gasteiger partial charge in [-0.25, -0.2) is 0 Å². The van der Waals surface area contributed by atoms with Crippen LogP contribution in [0.5, 0.6) is 0 Å². The topological polar surface area (TPSA) is 46.3 Å². The van der Waals surface area contributed by atoms with Gasteiger partial charge in [-0.2, -0.15) is 11.3 Å². The van der Waals surface area contributed by atoms with E-state index in [-0.39, 0.29) is 5.91 Å². The van der Waals surface area contributed by atoms with Crippen LogP contribution in [0.2, 0.25) is 0 Å². The van der Waals surface area contributed by atoms with Crippen molar-refractivity contribution < 1.29 is 4.79 Å². The Kier molecular flexibility index (Phi) is 4.72. The molecule has 1 aliphatic rings. The molecule has 1 amide bonds. The summed E-state index contributed by atoms with van der Waals surface area (Å²) in [6.07, 6.45) is 5.02. The highest BCUT2D eigenvalue weighted by Crippen LogP contribution is 2.24. The largest absolute Gasteiger partial charge is 0.392 e. The van der Waals surface area contributed by atoms with Gasteiger partial charge in [0.2, 0.25) is 5.91 Å². The van der Waals surface area contributed by atoms with Crippen molar-refractivity contribution in [2.75, 3.05) is 6.54 Å². The number of carbonyl (C=O) groups excluding carboxylic acids is 1. The van der Waals surface area contributed by atoms with Crippen molar-refractivity contribution in [1.29, 1.82) is 0 Å². The Labute approximate surface area is 117 Å². The average molecular weight is 282 g/mol. The van der Waals surface area contributed by atoms with Gasteiger partial charge in [-0.05, 0) is 35.2 Å². The van der Waals surface area contributed by atoms with Crippen molar-refractivity contribution in [2.24, 2.45) is 5.73 Å². The second-order valence-electron chi connectivity index (χ2n) is 4.73. The number of hydrogen-bond acceptors (Lipinski definition) is 3. The lowest BCUT2D eigenvalue weighted by atomic mass is 10.1. The van der Waals surface area contributed by atoms with Crippen LogP contribution in [0.15, 0.2) is 16.8 Å². The minimum absolute atomic E-state index is 0.146. The number of thiocarbonyl (C=S) groups is 1. The Hall–Kier alpha value is -0.940. The van der Waals surface area contributed by atoms with Gasteiger partial charge in [0, 0.05) is 6.04 Å². The Morgan fingerprint density at radius 1 is 1.50 bits per heavy atom. The lowest BCUT2D eigenvalue weighted by molar-refractivity contribution is -0.131. The second kappa shape index (κ2) is 6.29. The molecule has 1 heterocycles. The standard InChI is InChI=1S/C13H18N2OS2/c14-12(17)8-15(11-3-1-2-4-11)13(16)7-10-5-6-18-9-10/h5-6,9,11H,1-4,7-8H2,(H2,14,17). The third kappa shape index (κ3) is 3.53. The fourth-order valence-corrected chi connectivity index (χ4v) is 3.28.